The maximum absolute atomic E-state index is 11.8. The van der Waals surface area contributed by atoms with E-state index in [1.165, 1.54) is 7.05 Å². The van der Waals surface area contributed by atoms with Gasteiger partial charge in [0.25, 0.3) is 0 Å². The molecule has 0 spiro atoms. The van der Waals surface area contributed by atoms with Crippen LogP contribution in [0.15, 0.2) is 24.3 Å². The summed E-state index contributed by atoms with van der Waals surface area (Å²) in [5.74, 6) is 0. The second-order valence-corrected chi connectivity index (χ2v) is 5.31. The molecule has 1 N–H and O–H groups in total. The Hall–Kier alpha value is -1.58. The third-order valence-electron chi connectivity index (χ3n) is 2.26. The van der Waals surface area contributed by atoms with Gasteiger partial charge in [-0.25, -0.2) is 0 Å². The Labute approximate surface area is 102 Å². The smallest absolute Gasteiger partial charge is 0.261 e. The summed E-state index contributed by atoms with van der Waals surface area (Å²) in [7, 11) is -2.02. The van der Waals surface area contributed by atoms with Crippen LogP contribution in [0.25, 0.3) is 0 Å². The van der Waals surface area contributed by atoms with Crippen molar-refractivity contribution >= 4 is 15.9 Å². The quantitative estimate of drug-likeness (QED) is 0.858. The molecule has 0 aromatic heterocycles. The molecule has 0 radical (unpaired) electrons. The molecule has 17 heavy (non-hydrogen) atoms. The summed E-state index contributed by atoms with van der Waals surface area (Å²) < 4.78 is 27.2. The number of anilines is 1. The molecule has 0 saturated carbocycles. The molecule has 0 amide bonds. The fourth-order valence-corrected chi connectivity index (χ4v) is 2.27. The number of benzene rings is 1. The van der Waals surface area contributed by atoms with Gasteiger partial charge >= 0.3 is 10.2 Å². The number of nitrogens with zero attached hydrogens (tertiary/aromatic N) is 2. The molecule has 0 heterocycles. The number of rotatable bonds is 5. The van der Waals surface area contributed by atoms with Crippen molar-refractivity contribution in [2.24, 2.45) is 0 Å². The molecule has 1 aromatic carbocycles. The first-order chi connectivity index (χ1) is 8.01. The highest BCUT2D eigenvalue weighted by Gasteiger charge is 2.16. The molecule has 0 bridgehead atoms. The van der Waals surface area contributed by atoms with Crippen LogP contribution in [0.1, 0.15) is 18.9 Å². The second kappa shape index (κ2) is 5.66. The monoisotopic (exact) mass is 253 g/mol. The van der Waals surface area contributed by atoms with Crippen LogP contribution in [0, 0.1) is 11.3 Å². The molecule has 0 aliphatic carbocycles. The van der Waals surface area contributed by atoms with Crippen LogP contribution >= 0.6 is 0 Å². The maximum Gasteiger partial charge on any atom is 0.301 e. The minimum absolute atomic E-state index is 0.406. The third kappa shape index (κ3) is 3.44. The molecule has 0 atom stereocenters. The molecule has 0 aliphatic rings. The lowest BCUT2D eigenvalue weighted by Gasteiger charge is -2.19. The molecule has 5 nitrogen and oxygen atoms in total. The van der Waals surface area contributed by atoms with E-state index in [1.807, 2.05) is 13.0 Å². The predicted octanol–water partition coefficient (Wildman–Crippen LogP) is 1.24. The lowest BCUT2D eigenvalue weighted by Crippen LogP contribution is -2.38. The van der Waals surface area contributed by atoms with Gasteiger partial charge < -0.3 is 0 Å². The number of hydrogen-bond acceptors (Lipinski definition) is 3. The molecule has 92 valence electrons. The van der Waals surface area contributed by atoms with E-state index in [1.54, 1.807) is 24.3 Å². The van der Waals surface area contributed by atoms with Gasteiger partial charge in [-0.3, -0.25) is 4.31 Å². The zero-order valence-corrected chi connectivity index (χ0v) is 10.7. The summed E-state index contributed by atoms with van der Waals surface area (Å²) in [5, 5.41) is 8.65. The molecule has 0 aliphatic heterocycles. The Morgan fingerprint density at radius 1 is 1.35 bits per heavy atom. The molecule has 0 unspecified atom stereocenters. The van der Waals surface area contributed by atoms with Gasteiger partial charge in [0.05, 0.1) is 17.3 Å². The summed E-state index contributed by atoms with van der Waals surface area (Å²) in [6.07, 6.45) is 0.737. The minimum Gasteiger partial charge on any atom is -0.261 e. The average molecular weight is 253 g/mol. The molecule has 1 aromatic rings. The van der Waals surface area contributed by atoms with Crippen LogP contribution in [-0.4, -0.2) is 22.0 Å². The van der Waals surface area contributed by atoms with Crippen molar-refractivity contribution in [3.05, 3.63) is 29.8 Å². The summed E-state index contributed by atoms with van der Waals surface area (Å²) >= 11 is 0. The normalized spacial score (nSPS) is 10.9. The summed E-state index contributed by atoms with van der Waals surface area (Å²) in [5.41, 5.74) is 1.02. The Balaban J connectivity index is 2.88. The lowest BCUT2D eigenvalue weighted by atomic mass is 10.2. The van der Waals surface area contributed by atoms with Gasteiger partial charge in [-0.15, -0.1) is 0 Å². The average Bonchev–Trinajstić information content (AvgIpc) is 2.35. The van der Waals surface area contributed by atoms with Crippen molar-refractivity contribution in [3.63, 3.8) is 0 Å². The van der Waals surface area contributed by atoms with E-state index in [0.717, 1.165) is 10.7 Å². The Kier molecular flexibility index (Phi) is 4.49. The summed E-state index contributed by atoms with van der Waals surface area (Å²) in [6, 6.07) is 8.35. The van der Waals surface area contributed by atoms with E-state index in [-0.39, 0.29) is 0 Å². The van der Waals surface area contributed by atoms with Crippen molar-refractivity contribution in [2.75, 3.05) is 17.9 Å². The minimum atomic E-state index is -3.49. The Bertz CT molecular complexity index is 503. The van der Waals surface area contributed by atoms with Crippen LogP contribution in [0.5, 0.6) is 0 Å². The Morgan fingerprint density at radius 2 is 1.94 bits per heavy atom. The zero-order valence-electron chi connectivity index (χ0n) is 9.84. The fourth-order valence-electron chi connectivity index (χ4n) is 1.21. The van der Waals surface area contributed by atoms with Crippen LogP contribution in [0.2, 0.25) is 0 Å². The van der Waals surface area contributed by atoms with Gasteiger partial charge in [-0.1, -0.05) is 6.92 Å². The van der Waals surface area contributed by atoms with E-state index in [2.05, 4.69) is 4.72 Å². The molecule has 1 rings (SSSR count). The first kappa shape index (κ1) is 13.5. The number of nitrogens with one attached hydrogen (secondary N) is 1. The van der Waals surface area contributed by atoms with Crippen molar-refractivity contribution in [3.8, 4) is 6.07 Å². The molecule has 0 saturated heterocycles. The van der Waals surface area contributed by atoms with Crippen molar-refractivity contribution in [1.29, 1.82) is 5.26 Å². The van der Waals surface area contributed by atoms with Gasteiger partial charge in [0.1, 0.15) is 0 Å². The van der Waals surface area contributed by atoms with Gasteiger partial charge in [0.2, 0.25) is 0 Å². The van der Waals surface area contributed by atoms with E-state index < -0.39 is 10.2 Å². The SMILES string of the molecule is CCCNS(=O)(=O)N(C)c1ccc(C#N)cc1. The van der Waals surface area contributed by atoms with Gasteiger partial charge in [0, 0.05) is 13.6 Å². The largest absolute Gasteiger partial charge is 0.301 e. The molecule has 6 heteroatoms. The molecule has 0 fully saturated rings. The highest BCUT2D eigenvalue weighted by Crippen LogP contribution is 2.15. The van der Waals surface area contributed by atoms with Gasteiger partial charge in [-0.05, 0) is 30.7 Å². The van der Waals surface area contributed by atoms with Crippen LogP contribution < -0.4 is 9.03 Å². The highest BCUT2D eigenvalue weighted by atomic mass is 32.2. The molecular formula is C11H15N3O2S. The van der Waals surface area contributed by atoms with Gasteiger partial charge in [-0.2, -0.15) is 18.4 Å². The standard InChI is InChI=1S/C11H15N3O2S/c1-3-8-13-17(15,16)14(2)11-6-4-10(9-12)5-7-11/h4-7,13H,3,8H2,1-2H3. The van der Waals surface area contributed by atoms with E-state index in [9.17, 15) is 8.42 Å². The fraction of sp³-hybridized carbons (Fsp3) is 0.364. The molecular weight excluding hydrogens is 238 g/mol. The first-order valence-electron chi connectivity index (χ1n) is 5.25. The lowest BCUT2D eigenvalue weighted by molar-refractivity contribution is 0.579. The highest BCUT2D eigenvalue weighted by molar-refractivity contribution is 7.90. The summed E-state index contributed by atoms with van der Waals surface area (Å²) in [4.78, 5) is 0. The van der Waals surface area contributed by atoms with E-state index in [4.69, 9.17) is 5.26 Å². The second-order valence-electron chi connectivity index (χ2n) is 3.53. The van der Waals surface area contributed by atoms with Gasteiger partial charge in [0.15, 0.2) is 0 Å². The van der Waals surface area contributed by atoms with E-state index in [0.29, 0.717) is 17.8 Å². The maximum atomic E-state index is 11.8. The van der Waals surface area contributed by atoms with Crippen LogP contribution in [-0.2, 0) is 10.2 Å². The van der Waals surface area contributed by atoms with Crippen molar-refractivity contribution in [2.45, 2.75) is 13.3 Å². The predicted molar refractivity (Wildman–Crippen MR) is 66.8 cm³/mol. The number of hydrogen-bond donors (Lipinski definition) is 1. The number of nitriles is 1. The topological polar surface area (TPSA) is 73.2 Å². The van der Waals surface area contributed by atoms with E-state index >= 15 is 0 Å². The zero-order chi connectivity index (χ0) is 12.9. The van der Waals surface area contributed by atoms with Crippen molar-refractivity contribution < 1.29 is 8.42 Å². The first-order valence-corrected chi connectivity index (χ1v) is 6.69. The Morgan fingerprint density at radius 3 is 2.41 bits per heavy atom. The van der Waals surface area contributed by atoms with Crippen molar-refractivity contribution in [1.82, 2.24) is 4.72 Å². The summed E-state index contributed by atoms with van der Waals surface area (Å²) in [6.45, 7) is 2.30. The van der Waals surface area contributed by atoms with Crippen LogP contribution in [0.4, 0.5) is 5.69 Å². The van der Waals surface area contributed by atoms with Crippen LogP contribution in [0.3, 0.4) is 0 Å². The third-order valence-corrected chi connectivity index (χ3v) is 3.76.